The Morgan fingerprint density at radius 3 is 2.38 bits per heavy atom. The van der Waals surface area contributed by atoms with Gasteiger partial charge in [-0.05, 0) is 53.6 Å². The number of hydrogen-bond donors (Lipinski definition) is 1. The highest BCUT2D eigenvalue weighted by Crippen LogP contribution is 2.32. The molecule has 1 amide bonds. The summed E-state index contributed by atoms with van der Waals surface area (Å²) in [6.45, 7) is 0. The molecule has 6 aromatic rings. The van der Waals surface area contributed by atoms with Crippen LogP contribution in [0.5, 0.6) is 0 Å². The average Bonchev–Trinajstić information content (AvgIpc) is 3.62. The largest absolute Gasteiger partial charge is 0.355 e. The van der Waals surface area contributed by atoms with Crippen LogP contribution in [0.2, 0.25) is 0 Å². The first-order valence-electron chi connectivity index (χ1n) is 11.5. The van der Waals surface area contributed by atoms with E-state index in [1.165, 1.54) is 19.2 Å². The molecule has 3 aromatic heterocycles. The molecular weight excluding hydrogens is 475 g/mol. The zero-order valence-electron chi connectivity index (χ0n) is 20.2. The molecule has 6 rings (SSSR count). The monoisotopic (exact) mass is 496 g/mol. The van der Waals surface area contributed by atoms with Crippen molar-refractivity contribution >= 4 is 28.0 Å². The lowest BCUT2D eigenvalue weighted by Crippen LogP contribution is -2.19. The van der Waals surface area contributed by atoms with Gasteiger partial charge in [-0.1, -0.05) is 17.3 Å². The second-order valence-corrected chi connectivity index (χ2v) is 8.70. The molecule has 184 valence electrons. The number of amides is 1. The predicted octanol–water partition coefficient (Wildman–Crippen LogP) is 4.04. The van der Waals surface area contributed by atoms with E-state index in [0.29, 0.717) is 22.7 Å². The molecule has 0 radical (unpaired) electrons. The van der Waals surface area contributed by atoms with Crippen LogP contribution in [0.3, 0.4) is 0 Å². The van der Waals surface area contributed by atoms with Gasteiger partial charge in [0.25, 0.3) is 5.91 Å². The highest BCUT2D eigenvalue weighted by Gasteiger charge is 2.19. The maximum atomic E-state index is 14.6. The summed E-state index contributed by atoms with van der Waals surface area (Å²) in [4.78, 5) is 29.1. The minimum absolute atomic E-state index is 0.0186. The highest BCUT2D eigenvalue weighted by atomic mass is 19.1. The Bertz CT molecular complexity index is 1900. The fraction of sp³-hybridized carbons (Fsp3) is 0.111. The van der Waals surface area contributed by atoms with Crippen LogP contribution >= 0.6 is 0 Å². The fourth-order valence-electron chi connectivity index (χ4n) is 4.67. The smallest absolute Gasteiger partial charge is 0.328 e. The van der Waals surface area contributed by atoms with E-state index in [1.54, 1.807) is 41.6 Å². The number of nitrogens with one attached hydrogen (secondary N) is 1. The van der Waals surface area contributed by atoms with Crippen LogP contribution in [-0.2, 0) is 14.1 Å². The van der Waals surface area contributed by atoms with Gasteiger partial charge in [0.15, 0.2) is 5.82 Å². The van der Waals surface area contributed by atoms with E-state index in [1.807, 2.05) is 41.0 Å². The number of nitrogens with zero attached hydrogens (tertiary/aromatic N) is 5. The zero-order chi connectivity index (χ0) is 25.8. The topological polar surface area (TPSA) is 99.9 Å². The van der Waals surface area contributed by atoms with E-state index >= 15 is 0 Å². The van der Waals surface area contributed by atoms with Crippen LogP contribution in [0.15, 0.2) is 76.2 Å². The molecule has 0 saturated heterocycles. The zero-order valence-corrected chi connectivity index (χ0v) is 20.2. The van der Waals surface area contributed by atoms with Crippen LogP contribution in [0.25, 0.3) is 50.5 Å². The van der Waals surface area contributed by atoms with Gasteiger partial charge in [-0.2, -0.15) is 0 Å². The minimum atomic E-state index is -0.605. The van der Waals surface area contributed by atoms with Gasteiger partial charge in [0.05, 0.1) is 39.5 Å². The molecule has 1 N–H and O–H groups in total. The van der Waals surface area contributed by atoms with Crippen molar-refractivity contribution in [3.05, 3.63) is 88.7 Å². The number of benzene rings is 3. The lowest BCUT2D eigenvalue weighted by atomic mass is 10.0. The maximum absolute atomic E-state index is 14.6. The third-order valence-electron chi connectivity index (χ3n) is 6.60. The molecular formula is C27H21FN6O3. The molecule has 3 aromatic carbocycles. The van der Waals surface area contributed by atoms with Crippen molar-refractivity contribution < 1.29 is 13.7 Å². The van der Waals surface area contributed by atoms with Gasteiger partial charge >= 0.3 is 5.69 Å². The van der Waals surface area contributed by atoms with E-state index in [4.69, 9.17) is 9.51 Å². The summed E-state index contributed by atoms with van der Waals surface area (Å²) in [5.74, 6) is -0.0821. The molecule has 3 heterocycles. The second-order valence-electron chi connectivity index (χ2n) is 8.70. The Labute approximate surface area is 209 Å². The average molecular weight is 497 g/mol. The Kier molecular flexibility index (Phi) is 5.04. The number of aryl methyl sites for hydroxylation is 2. The first-order valence-corrected chi connectivity index (χ1v) is 11.5. The quantitative estimate of drug-likeness (QED) is 0.397. The van der Waals surface area contributed by atoms with Crippen molar-refractivity contribution in [2.45, 2.75) is 0 Å². The number of carbonyl (C=O) groups excluding carboxylic acids is 1. The van der Waals surface area contributed by atoms with Crippen LogP contribution in [0, 0.1) is 5.82 Å². The van der Waals surface area contributed by atoms with Crippen molar-refractivity contribution in [1.29, 1.82) is 0 Å². The first kappa shape index (κ1) is 22.5. The van der Waals surface area contributed by atoms with Gasteiger partial charge in [-0.25, -0.2) is 14.2 Å². The number of imidazole rings is 2. The van der Waals surface area contributed by atoms with E-state index in [9.17, 15) is 14.0 Å². The van der Waals surface area contributed by atoms with Crippen LogP contribution in [-0.4, -0.2) is 36.8 Å². The molecule has 9 nitrogen and oxygen atoms in total. The maximum Gasteiger partial charge on any atom is 0.328 e. The molecule has 0 saturated carbocycles. The van der Waals surface area contributed by atoms with Crippen molar-refractivity contribution in [2.75, 3.05) is 7.05 Å². The Balaban J connectivity index is 1.54. The molecule has 0 aliphatic carbocycles. The third-order valence-corrected chi connectivity index (χ3v) is 6.60. The van der Waals surface area contributed by atoms with Crippen molar-refractivity contribution in [1.82, 2.24) is 29.2 Å². The van der Waals surface area contributed by atoms with Gasteiger partial charge < -0.3 is 9.84 Å². The van der Waals surface area contributed by atoms with Gasteiger partial charge in [0, 0.05) is 27.2 Å². The van der Waals surface area contributed by atoms with E-state index in [-0.39, 0.29) is 11.3 Å². The standard InChI is InChI=1S/C27H21FN6O3/c1-29-26(35)18-7-4-15(12-19(18)28)16-5-8-21-20(13-16)31-25(24-10-11-30-37-24)34(21)17-6-9-22-23(14-17)33(3)27(36)32(22)2/h4-14H,1-3H3,(H,29,35). The van der Waals surface area contributed by atoms with E-state index in [2.05, 4.69) is 10.5 Å². The lowest BCUT2D eigenvalue weighted by molar-refractivity contribution is 0.0959. The van der Waals surface area contributed by atoms with Crippen LogP contribution in [0.1, 0.15) is 10.4 Å². The SMILES string of the molecule is CNC(=O)c1ccc(-c2ccc3c(c2)nc(-c2ccno2)n3-c2ccc3c(c2)n(C)c(=O)n3C)cc1F. The molecule has 0 aliphatic rings. The molecule has 0 unspecified atom stereocenters. The minimum Gasteiger partial charge on any atom is -0.355 e. The lowest BCUT2D eigenvalue weighted by Gasteiger charge is -2.09. The summed E-state index contributed by atoms with van der Waals surface area (Å²) in [6, 6.07) is 17.6. The molecule has 0 bridgehead atoms. The number of aromatic nitrogens is 5. The Hall–Kier alpha value is -4.99. The van der Waals surface area contributed by atoms with Crippen molar-refractivity contribution in [3.63, 3.8) is 0 Å². The van der Waals surface area contributed by atoms with Gasteiger partial charge in [-0.3, -0.25) is 18.5 Å². The first-order chi connectivity index (χ1) is 17.9. The van der Waals surface area contributed by atoms with Crippen LogP contribution in [0.4, 0.5) is 4.39 Å². The van der Waals surface area contributed by atoms with E-state index in [0.717, 1.165) is 27.8 Å². The number of carbonyl (C=O) groups is 1. The Morgan fingerprint density at radius 1 is 0.919 bits per heavy atom. The van der Waals surface area contributed by atoms with E-state index < -0.39 is 11.7 Å². The van der Waals surface area contributed by atoms with Crippen molar-refractivity contribution in [2.24, 2.45) is 14.1 Å². The Morgan fingerprint density at radius 2 is 1.65 bits per heavy atom. The second kappa shape index (κ2) is 8.30. The predicted molar refractivity (Wildman–Crippen MR) is 137 cm³/mol. The van der Waals surface area contributed by atoms with Crippen molar-refractivity contribution in [3.8, 4) is 28.4 Å². The summed E-state index contributed by atoms with van der Waals surface area (Å²) in [7, 11) is 4.93. The van der Waals surface area contributed by atoms with Crippen LogP contribution < -0.4 is 11.0 Å². The normalized spacial score (nSPS) is 11.5. The van der Waals surface area contributed by atoms with Gasteiger partial charge in [0.1, 0.15) is 5.82 Å². The summed E-state index contributed by atoms with van der Waals surface area (Å²) in [5, 5.41) is 6.27. The summed E-state index contributed by atoms with van der Waals surface area (Å²) in [6.07, 6.45) is 1.55. The molecule has 0 atom stereocenters. The summed E-state index contributed by atoms with van der Waals surface area (Å²) >= 11 is 0. The van der Waals surface area contributed by atoms with Gasteiger partial charge in [0.2, 0.25) is 5.76 Å². The molecule has 0 fully saturated rings. The molecule has 0 spiro atoms. The molecule has 37 heavy (non-hydrogen) atoms. The molecule has 10 heteroatoms. The third kappa shape index (κ3) is 3.45. The summed E-state index contributed by atoms with van der Waals surface area (Å²) in [5.41, 5.74) is 5.04. The van der Waals surface area contributed by atoms with Gasteiger partial charge in [-0.15, -0.1) is 0 Å². The number of halogens is 1. The number of fused-ring (bicyclic) bond motifs is 2. The molecule has 0 aliphatic heterocycles. The number of hydrogen-bond acceptors (Lipinski definition) is 5. The highest BCUT2D eigenvalue weighted by molar-refractivity contribution is 5.95. The number of rotatable bonds is 4. The fourth-order valence-corrected chi connectivity index (χ4v) is 4.67. The summed E-state index contributed by atoms with van der Waals surface area (Å²) < 4.78 is 25.2.